The summed E-state index contributed by atoms with van der Waals surface area (Å²) in [6.07, 6.45) is 0.992. The lowest BCUT2D eigenvalue weighted by Crippen LogP contribution is -2.46. The summed E-state index contributed by atoms with van der Waals surface area (Å²) in [4.78, 5) is 29.6. The number of carbonyl (C=O) groups is 2. The van der Waals surface area contributed by atoms with Crippen LogP contribution in [0.4, 0.5) is 0 Å². The number of hydrogen-bond acceptors (Lipinski definition) is 7. The van der Waals surface area contributed by atoms with E-state index in [9.17, 15) is 19.8 Å². The number of fused-ring (bicyclic) bond motifs is 1. The first-order valence-corrected chi connectivity index (χ1v) is 18.5. The molecule has 8 nitrogen and oxygen atoms in total. The number of imide groups is 1. The predicted molar refractivity (Wildman–Crippen MR) is 202 cm³/mol. The Hall–Kier alpha value is -4.67. The van der Waals surface area contributed by atoms with Crippen LogP contribution in [0.15, 0.2) is 121 Å². The fourth-order valence-corrected chi connectivity index (χ4v) is 7.85. The number of halogens is 1. The molecule has 0 unspecified atom stereocenters. The molecule has 270 valence electrons. The van der Waals surface area contributed by atoms with E-state index < -0.39 is 11.9 Å². The summed E-state index contributed by atoms with van der Waals surface area (Å²) >= 11 is 6.10. The third kappa shape index (κ3) is 7.44. The molecule has 3 aliphatic rings. The summed E-state index contributed by atoms with van der Waals surface area (Å²) in [6.45, 7) is 2.36. The van der Waals surface area contributed by atoms with Crippen molar-refractivity contribution in [2.75, 3.05) is 19.6 Å². The molecule has 3 atom stereocenters. The number of piperidine rings is 1. The summed E-state index contributed by atoms with van der Waals surface area (Å²) in [5, 5.41) is 21.7. The first-order valence-electron chi connectivity index (χ1n) is 18.1. The van der Waals surface area contributed by atoms with Gasteiger partial charge in [-0.1, -0.05) is 103 Å². The van der Waals surface area contributed by atoms with Crippen LogP contribution in [0.2, 0.25) is 5.02 Å². The van der Waals surface area contributed by atoms with E-state index in [1.54, 1.807) is 24.3 Å². The van der Waals surface area contributed by atoms with Crippen molar-refractivity contribution in [3.8, 4) is 11.1 Å². The quantitative estimate of drug-likeness (QED) is 0.149. The number of rotatable bonds is 9. The van der Waals surface area contributed by atoms with Crippen molar-refractivity contribution in [3.05, 3.63) is 165 Å². The summed E-state index contributed by atoms with van der Waals surface area (Å²) in [5.74, 6) is -0.540. The van der Waals surface area contributed by atoms with Gasteiger partial charge in [0, 0.05) is 36.6 Å². The number of aliphatic hydroxyl groups is 2. The molecule has 5 aromatic carbocycles. The van der Waals surface area contributed by atoms with Gasteiger partial charge in [0.1, 0.15) is 0 Å². The molecule has 5 aromatic rings. The van der Waals surface area contributed by atoms with Crippen molar-refractivity contribution in [2.24, 2.45) is 0 Å². The average Bonchev–Trinajstić information content (AvgIpc) is 3.44. The zero-order valence-corrected chi connectivity index (χ0v) is 30.0. The van der Waals surface area contributed by atoms with E-state index in [-0.39, 0.29) is 37.2 Å². The Bertz CT molecular complexity index is 2060. The predicted octanol–water partition coefficient (Wildman–Crippen LogP) is 7.82. The molecule has 3 aliphatic heterocycles. The monoisotopic (exact) mass is 728 g/mol. The number of nitrogens with zero attached hydrogens (tertiary/aromatic N) is 2. The summed E-state index contributed by atoms with van der Waals surface area (Å²) < 4.78 is 13.3. The maximum absolute atomic E-state index is 13.0. The van der Waals surface area contributed by atoms with Crippen LogP contribution < -0.4 is 0 Å². The van der Waals surface area contributed by atoms with Gasteiger partial charge in [0.2, 0.25) is 0 Å². The Morgan fingerprint density at radius 1 is 0.717 bits per heavy atom. The largest absolute Gasteiger partial charge is 0.392 e. The van der Waals surface area contributed by atoms with Crippen LogP contribution >= 0.6 is 11.6 Å². The lowest BCUT2D eigenvalue weighted by atomic mass is 9.84. The Balaban J connectivity index is 0.969. The van der Waals surface area contributed by atoms with Crippen molar-refractivity contribution in [1.29, 1.82) is 0 Å². The molecule has 2 saturated heterocycles. The molecule has 0 saturated carbocycles. The Morgan fingerprint density at radius 2 is 1.38 bits per heavy atom. The van der Waals surface area contributed by atoms with Gasteiger partial charge < -0.3 is 24.6 Å². The van der Waals surface area contributed by atoms with Gasteiger partial charge in [-0.05, 0) is 76.6 Å². The maximum atomic E-state index is 13.0. The zero-order valence-electron chi connectivity index (χ0n) is 29.2. The topological polar surface area (TPSA) is 99.5 Å². The van der Waals surface area contributed by atoms with Gasteiger partial charge in [-0.3, -0.25) is 14.5 Å². The van der Waals surface area contributed by atoms with Crippen molar-refractivity contribution in [3.63, 3.8) is 0 Å². The van der Waals surface area contributed by atoms with Crippen LogP contribution in [0.1, 0.15) is 80.2 Å². The van der Waals surface area contributed by atoms with E-state index in [0.29, 0.717) is 42.0 Å². The van der Waals surface area contributed by atoms with E-state index in [0.717, 1.165) is 52.0 Å². The number of hydrogen-bond donors (Lipinski definition) is 2. The van der Waals surface area contributed by atoms with Crippen LogP contribution in [0.25, 0.3) is 11.1 Å². The molecule has 53 heavy (non-hydrogen) atoms. The minimum absolute atomic E-state index is 0.0183. The SMILES string of the molecule is O=C1c2ccccc2C(=O)N1Cc1cccc(-c2ccc([C@H]3O[C@@H](CN4CCC(O)(c5ccc(Cl)cc5)CC4)C[C@@H](c4ccc(CO)cc4)O3)cc2)c1. The second-order valence-electron chi connectivity index (χ2n) is 14.3. The molecule has 0 spiro atoms. The van der Waals surface area contributed by atoms with E-state index >= 15 is 0 Å². The highest BCUT2D eigenvalue weighted by Crippen LogP contribution is 2.40. The maximum Gasteiger partial charge on any atom is 0.261 e. The Labute approximate surface area is 314 Å². The van der Waals surface area contributed by atoms with Crippen molar-refractivity contribution in [2.45, 2.75) is 56.5 Å². The molecule has 9 heteroatoms. The summed E-state index contributed by atoms with van der Waals surface area (Å²) in [5.41, 5.74) is 6.50. The summed E-state index contributed by atoms with van der Waals surface area (Å²) in [7, 11) is 0. The highest BCUT2D eigenvalue weighted by molar-refractivity contribution is 6.30. The molecule has 0 aromatic heterocycles. The second kappa shape index (κ2) is 15.0. The molecule has 2 fully saturated rings. The van der Waals surface area contributed by atoms with Gasteiger partial charge in [-0.15, -0.1) is 0 Å². The highest BCUT2D eigenvalue weighted by Gasteiger charge is 2.38. The van der Waals surface area contributed by atoms with Crippen molar-refractivity contribution >= 4 is 23.4 Å². The molecule has 0 bridgehead atoms. The van der Waals surface area contributed by atoms with E-state index in [2.05, 4.69) is 4.90 Å². The molecule has 8 rings (SSSR count). The van der Waals surface area contributed by atoms with Gasteiger partial charge in [0.25, 0.3) is 11.8 Å². The standard InChI is InChI=1S/C44H41ClN2O6/c45-36-18-16-35(17-19-36)44(51)20-22-46(23-21-44)27-37-25-40(32-10-8-29(28-48)9-11-32)53-43(52-37)33-14-12-31(13-15-33)34-5-3-4-30(24-34)26-47-41(49)38-6-1-2-7-39(38)42(47)50/h1-19,24,37,40,43,48,51H,20-23,25-28H2/t37-,40+,43+/m1/s1. The van der Waals surface area contributed by atoms with Crippen LogP contribution in [0, 0.1) is 0 Å². The van der Waals surface area contributed by atoms with Crippen molar-refractivity contribution < 1.29 is 29.3 Å². The smallest absolute Gasteiger partial charge is 0.261 e. The van der Waals surface area contributed by atoms with E-state index in [1.165, 1.54) is 4.90 Å². The number of amides is 2. The van der Waals surface area contributed by atoms with Crippen LogP contribution in [-0.4, -0.2) is 57.6 Å². The molecular weight excluding hydrogens is 688 g/mol. The van der Waals surface area contributed by atoms with E-state index in [1.807, 2.05) is 97.1 Å². The van der Waals surface area contributed by atoms with Gasteiger partial charge in [0.05, 0.1) is 42.1 Å². The fraction of sp³-hybridized carbons (Fsp3) is 0.273. The number of ether oxygens (including phenoxy) is 2. The summed E-state index contributed by atoms with van der Waals surface area (Å²) in [6, 6.07) is 38.4. The zero-order chi connectivity index (χ0) is 36.5. The van der Waals surface area contributed by atoms with Crippen LogP contribution in [0.5, 0.6) is 0 Å². The number of carbonyl (C=O) groups excluding carboxylic acids is 2. The minimum Gasteiger partial charge on any atom is -0.392 e. The third-order valence-corrected chi connectivity index (χ3v) is 11.1. The van der Waals surface area contributed by atoms with Crippen molar-refractivity contribution in [1.82, 2.24) is 9.80 Å². The number of likely N-dealkylation sites (tertiary alicyclic amines) is 1. The lowest BCUT2D eigenvalue weighted by Gasteiger charge is -2.42. The minimum atomic E-state index is -0.882. The Morgan fingerprint density at radius 3 is 2.04 bits per heavy atom. The second-order valence-corrected chi connectivity index (χ2v) is 14.7. The van der Waals surface area contributed by atoms with Crippen LogP contribution in [0.3, 0.4) is 0 Å². The molecule has 0 radical (unpaired) electrons. The normalized spacial score (nSPS) is 21.5. The van der Waals surface area contributed by atoms with Gasteiger partial charge in [0.15, 0.2) is 6.29 Å². The molecule has 2 amide bonds. The first kappa shape index (κ1) is 35.4. The third-order valence-electron chi connectivity index (χ3n) is 10.8. The molecule has 2 N–H and O–H groups in total. The molecular formula is C44H41ClN2O6. The lowest BCUT2D eigenvalue weighted by molar-refractivity contribution is -0.253. The van der Waals surface area contributed by atoms with Gasteiger partial charge in [-0.2, -0.15) is 0 Å². The average molecular weight is 729 g/mol. The molecule has 3 heterocycles. The first-order chi connectivity index (χ1) is 25.8. The van der Waals surface area contributed by atoms with E-state index in [4.69, 9.17) is 21.1 Å². The highest BCUT2D eigenvalue weighted by atomic mass is 35.5. The van der Waals surface area contributed by atoms with Gasteiger partial charge in [-0.25, -0.2) is 0 Å². The van der Waals surface area contributed by atoms with Gasteiger partial charge >= 0.3 is 0 Å². The number of aliphatic hydroxyl groups excluding tert-OH is 1. The Kier molecular flexibility index (Phi) is 10.0. The van der Waals surface area contributed by atoms with Crippen LogP contribution in [-0.2, 0) is 28.2 Å². The fourth-order valence-electron chi connectivity index (χ4n) is 7.72. The number of benzene rings is 5. The molecule has 0 aliphatic carbocycles.